The number of urea groups is 1. The average Bonchev–Trinajstić information content (AvgIpc) is 2.59. The van der Waals surface area contributed by atoms with Gasteiger partial charge in [0, 0.05) is 24.3 Å². The highest BCUT2D eigenvalue weighted by atomic mass is 16.5. The van der Waals surface area contributed by atoms with Crippen LogP contribution in [0.25, 0.3) is 0 Å². The van der Waals surface area contributed by atoms with Crippen LogP contribution in [0.1, 0.15) is 52.4 Å². The van der Waals surface area contributed by atoms with Gasteiger partial charge in [-0.3, -0.25) is 4.79 Å². The minimum Gasteiger partial charge on any atom is -0.479 e. The van der Waals surface area contributed by atoms with E-state index in [0.717, 1.165) is 24.9 Å². The molecule has 1 atom stereocenters. The van der Waals surface area contributed by atoms with Crippen molar-refractivity contribution in [3.63, 3.8) is 0 Å². The van der Waals surface area contributed by atoms with E-state index in [9.17, 15) is 9.59 Å². The summed E-state index contributed by atoms with van der Waals surface area (Å²) in [6, 6.07) is 5.53. The molecule has 0 saturated heterocycles. The maximum Gasteiger partial charge on any atom is 0.319 e. The predicted molar refractivity (Wildman–Crippen MR) is 98.2 cm³/mol. The first-order valence-corrected chi connectivity index (χ1v) is 9.28. The fraction of sp³-hybridized carbons (Fsp3) is 0.579. The Morgan fingerprint density at radius 2 is 2.04 bits per heavy atom. The molecule has 0 aromatic heterocycles. The fourth-order valence-electron chi connectivity index (χ4n) is 3.54. The van der Waals surface area contributed by atoms with E-state index < -0.39 is 6.10 Å². The number of hydrogen-bond donors (Lipinski definition) is 2. The van der Waals surface area contributed by atoms with Crippen molar-refractivity contribution in [2.45, 2.75) is 64.5 Å². The molecule has 2 aliphatic rings. The van der Waals surface area contributed by atoms with Crippen LogP contribution in [0, 0.1) is 0 Å². The van der Waals surface area contributed by atoms with E-state index >= 15 is 0 Å². The average molecular weight is 345 g/mol. The number of benzene rings is 1. The number of amides is 3. The van der Waals surface area contributed by atoms with E-state index in [1.54, 1.807) is 17.9 Å². The van der Waals surface area contributed by atoms with Gasteiger partial charge >= 0.3 is 6.03 Å². The lowest BCUT2D eigenvalue weighted by molar-refractivity contribution is -0.125. The first kappa shape index (κ1) is 17.6. The summed E-state index contributed by atoms with van der Waals surface area (Å²) < 4.78 is 5.73. The summed E-state index contributed by atoms with van der Waals surface area (Å²) in [6.45, 7) is 4.46. The Morgan fingerprint density at radius 1 is 1.28 bits per heavy atom. The number of fused-ring (bicyclic) bond motifs is 1. The van der Waals surface area contributed by atoms with Crippen molar-refractivity contribution in [3.8, 4) is 5.75 Å². The third-order valence-corrected chi connectivity index (χ3v) is 4.81. The van der Waals surface area contributed by atoms with Crippen molar-refractivity contribution in [2.24, 2.45) is 0 Å². The van der Waals surface area contributed by atoms with Gasteiger partial charge in [-0.05, 0) is 38.3 Å². The van der Waals surface area contributed by atoms with Gasteiger partial charge in [0.2, 0.25) is 0 Å². The Morgan fingerprint density at radius 3 is 2.76 bits per heavy atom. The first-order valence-electron chi connectivity index (χ1n) is 9.28. The molecule has 1 fully saturated rings. The number of anilines is 2. The summed E-state index contributed by atoms with van der Waals surface area (Å²) in [5, 5.41) is 5.92. The lowest BCUT2D eigenvalue weighted by Gasteiger charge is -2.33. The van der Waals surface area contributed by atoms with Crippen molar-refractivity contribution in [2.75, 3.05) is 16.8 Å². The van der Waals surface area contributed by atoms with Gasteiger partial charge in [-0.15, -0.1) is 0 Å². The molecule has 3 rings (SSSR count). The van der Waals surface area contributed by atoms with Crippen LogP contribution in [0.4, 0.5) is 16.2 Å². The second-order valence-electron chi connectivity index (χ2n) is 6.87. The lowest BCUT2D eigenvalue weighted by Crippen LogP contribution is -2.44. The predicted octanol–water partition coefficient (Wildman–Crippen LogP) is 3.66. The number of nitrogens with one attached hydrogen (secondary N) is 2. The van der Waals surface area contributed by atoms with E-state index in [1.807, 2.05) is 19.1 Å². The van der Waals surface area contributed by atoms with Gasteiger partial charge in [0.05, 0.1) is 5.69 Å². The van der Waals surface area contributed by atoms with Crippen LogP contribution in [0.3, 0.4) is 0 Å². The van der Waals surface area contributed by atoms with E-state index in [4.69, 9.17) is 4.74 Å². The van der Waals surface area contributed by atoms with Gasteiger partial charge in [-0.2, -0.15) is 0 Å². The van der Waals surface area contributed by atoms with Crippen molar-refractivity contribution in [1.82, 2.24) is 5.32 Å². The highest BCUT2D eigenvalue weighted by Gasteiger charge is 2.31. The minimum atomic E-state index is -0.509. The summed E-state index contributed by atoms with van der Waals surface area (Å²) in [6.07, 6.45) is 6.08. The molecule has 2 N–H and O–H groups in total. The molecule has 1 aliphatic heterocycles. The third kappa shape index (κ3) is 4.06. The molecule has 0 bridgehead atoms. The number of ether oxygens (including phenoxy) is 1. The molecule has 3 amide bonds. The number of carbonyl (C=O) groups is 2. The molecule has 1 saturated carbocycles. The van der Waals surface area contributed by atoms with E-state index in [0.29, 0.717) is 18.0 Å². The highest BCUT2D eigenvalue weighted by Crippen LogP contribution is 2.36. The Kier molecular flexibility index (Phi) is 5.46. The monoisotopic (exact) mass is 345 g/mol. The number of nitrogens with zero attached hydrogens (tertiary/aromatic N) is 1. The topological polar surface area (TPSA) is 70.7 Å². The quantitative estimate of drug-likeness (QED) is 0.875. The van der Waals surface area contributed by atoms with Crippen molar-refractivity contribution in [1.29, 1.82) is 0 Å². The van der Waals surface area contributed by atoms with Crippen LogP contribution in [0.15, 0.2) is 18.2 Å². The summed E-state index contributed by atoms with van der Waals surface area (Å²) >= 11 is 0. The zero-order valence-electron chi connectivity index (χ0n) is 15.0. The van der Waals surface area contributed by atoms with Crippen LogP contribution in [0.2, 0.25) is 0 Å². The zero-order valence-corrected chi connectivity index (χ0v) is 15.0. The molecule has 1 aromatic carbocycles. The van der Waals surface area contributed by atoms with Gasteiger partial charge in [0.1, 0.15) is 5.75 Å². The van der Waals surface area contributed by atoms with Gasteiger partial charge < -0.3 is 20.3 Å². The minimum absolute atomic E-state index is 0.0231. The molecule has 1 aromatic rings. The molecule has 1 unspecified atom stereocenters. The Balaban J connectivity index is 1.69. The van der Waals surface area contributed by atoms with Crippen LogP contribution in [-0.4, -0.2) is 30.6 Å². The van der Waals surface area contributed by atoms with Gasteiger partial charge in [0.25, 0.3) is 5.91 Å². The SMILES string of the molecule is CCCN1C(=O)C(C)Oc2cc(NC(=O)NC3CCCCC3)ccc21. The summed E-state index contributed by atoms with van der Waals surface area (Å²) in [5.41, 5.74) is 1.44. The molecule has 136 valence electrons. The molecule has 6 heteroatoms. The normalized spacial score (nSPS) is 20.6. The summed E-state index contributed by atoms with van der Waals surface area (Å²) in [4.78, 5) is 26.2. The maximum absolute atomic E-state index is 12.3. The third-order valence-electron chi connectivity index (χ3n) is 4.81. The van der Waals surface area contributed by atoms with Crippen molar-refractivity contribution < 1.29 is 14.3 Å². The molecule has 6 nitrogen and oxygen atoms in total. The molecular formula is C19H27N3O3. The second-order valence-corrected chi connectivity index (χ2v) is 6.87. The lowest BCUT2D eigenvalue weighted by atomic mass is 9.96. The standard InChI is InChI=1S/C19H27N3O3/c1-3-11-22-16-10-9-15(12-17(16)25-13(2)18(22)23)21-19(24)20-14-7-5-4-6-8-14/h9-10,12-14H,3-8,11H2,1-2H3,(H2,20,21,24). The summed E-state index contributed by atoms with van der Waals surface area (Å²) in [7, 11) is 0. The van der Waals surface area contributed by atoms with Crippen molar-refractivity contribution >= 4 is 23.3 Å². The number of rotatable bonds is 4. The van der Waals surface area contributed by atoms with Crippen molar-refractivity contribution in [3.05, 3.63) is 18.2 Å². The smallest absolute Gasteiger partial charge is 0.319 e. The molecule has 25 heavy (non-hydrogen) atoms. The molecular weight excluding hydrogens is 318 g/mol. The van der Waals surface area contributed by atoms with Crippen LogP contribution in [0.5, 0.6) is 5.75 Å². The molecule has 0 spiro atoms. The van der Waals surface area contributed by atoms with Gasteiger partial charge in [-0.1, -0.05) is 26.2 Å². The van der Waals surface area contributed by atoms with Gasteiger partial charge in [0.15, 0.2) is 6.10 Å². The fourth-order valence-corrected chi connectivity index (χ4v) is 3.54. The molecule has 1 aliphatic carbocycles. The number of carbonyl (C=O) groups excluding carboxylic acids is 2. The van der Waals surface area contributed by atoms with E-state index in [2.05, 4.69) is 10.6 Å². The maximum atomic E-state index is 12.3. The van der Waals surface area contributed by atoms with Crippen LogP contribution in [-0.2, 0) is 4.79 Å². The highest BCUT2D eigenvalue weighted by molar-refractivity contribution is 6.00. The molecule has 0 radical (unpaired) electrons. The second kappa shape index (κ2) is 7.76. The zero-order chi connectivity index (χ0) is 17.8. The van der Waals surface area contributed by atoms with Gasteiger partial charge in [-0.25, -0.2) is 4.79 Å². The first-order chi connectivity index (χ1) is 12.1. The largest absolute Gasteiger partial charge is 0.479 e. The molecule has 1 heterocycles. The Labute approximate surface area is 148 Å². The number of hydrogen-bond acceptors (Lipinski definition) is 3. The van der Waals surface area contributed by atoms with Crippen LogP contribution >= 0.6 is 0 Å². The van der Waals surface area contributed by atoms with E-state index in [1.165, 1.54) is 19.3 Å². The van der Waals surface area contributed by atoms with Crippen LogP contribution < -0.4 is 20.3 Å². The van der Waals surface area contributed by atoms with E-state index in [-0.39, 0.29) is 18.0 Å². The Hall–Kier alpha value is -2.24. The summed E-state index contributed by atoms with van der Waals surface area (Å²) in [5.74, 6) is 0.612. The Bertz CT molecular complexity index is 641.